The second-order valence-corrected chi connectivity index (χ2v) is 4.35. The molecule has 0 amide bonds. The molecule has 0 aliphatic heterocycles. The topological polar surface area (TPSA) is 47.3 Å². The number of aromatic nitrogens is 3. The molecular weight excluding hydrogens is 202 g/mol. The van der Waals surface area contributed by atoms with Crippen molar-refractivity contribution in [3.8, 4) is 0 Å². The molecule has 0 saturated heterocycles. The van der Waals surface area contributed by atoms with E-state index in [-0.39, 0.29) is 5.78 Å². The molecule has 0 atom stereocenters. The summed E-state index contributed by atoms with van der Waals surface area (Å²) >= 11 is 0. The van der Waals surface area contributed by atoms with Crippen LogP contribution in [0.5, 0.6) is 0 Å². The summed E-state index contributed by atoms with van der Waals surface area (Å²) in [6.45, 7) is 1.58. The summed E-state index contributed by atoms with van der Waals surface area (Å²) in [5, 5.41) is 8.35. The lowest BCUT2D eigenvalue weighted by Crippen LogP contribution is -2.15. The number of nitrogens with zero attached hydrogens (tertiary/aromatic N) is 3. The number of fused-ring (bicyclic) bond motifs is 1. The predicted molar refractivity (Wildman–Crippen MR) is 59.6 cm³/mol. The molecule has 1 aliphatic rings. The monoisotopic (exact) mass is 215 g/mol. The van der Waals surface area contributed by atoms with E-state index in [1.54, 1.807) is 6.92 Å². The van der Waals surface area contributed by atoms with Gasteiger partial charge in [0, 0.05) is 12.8 Å². The van der Waals surface area contributed by atoms with Crippen LogP contribution >= 0.6 is 0 Å². The molecule has 0 radical (unpaired) electrons. The first kappa shape index (κ1) is 9.51. The second-order valence-electron chi connectivity index (χ2n) is 4.35. The molecule has 82 valence electrons. The van der Waals surface area contributed by atoms with Gasteiger partial charge in [0.1, 0.15) is 5.82 Å². The van der Waals surface area contributed by atoms with Crippen molar-refractivity contribution in [2.45, 2.75) is 32.1 Å². The molecule has 0 bridgehead atoms. The fourth-order valence-electron chi connectivity index (χ4n) is 2.17. The van der Waals surface area contributed by atoms with Crippen LogP contribution in [0.4, 0.5) is 0 Å². The first-order chi connectivity index (χ1) is 7.77. The van der Waals surface area contributed by atoms with Crippen molar-refractivity contribution < 1.29 is 4.79 Å². The SMILES string of the molecule is CC(=O)c1cccc2nnc(C3CCC3)n12. The van der Waals surface area contributed by atoms with Gasteiger partial charge in [0.25, 0.3) is 0 Å². The number of hydrogen-bond donors (Lipinski definition) is 0. The highest BCUT2D eigenvalue weighted by atomic mass is 16.1. The van der Waals surface area contributed by atoms with Crippen LogP contribution in [0.25, 0.3) is 5.65 Å². The lowest BCUT2D eigenvalue weighted by atomic mass is 9.85. The minimum atomic E-state index is 0.0611. The molecule has 0 spiro atoms. The quantitative estimate of drug-likeness (QED) is 0.721. The Morgan fingerprint density at radius 3 is 2.81 bits per heavy atom. The molecule has 2 aromatic heterocycles. The zero-order valence-corrected chi connectivity index (χ0v) is 9.18. The third kappa shape index (κ3) is 1.26. The molecule has 0 aromatic carbocycles. The van der Waals surface area contributed by atoms with Crippen LogP contribution < -0.4 is 0 Å². The van der Waals surface area contributed by atoms with Crippen molar-refractivity contribution >= 4 is 11.4 Å². The minimum absolute atomic E-state index is 0.0611. The summed E-state index contributed by atoms with van der Waals surface area (Å²) in [5.74, 6) is 1.49. The van der Waals surface area contributed by atoms with E-state index in [9.17, 15) is 4.79 Å². The van der Waals surface area contributed by atoms with Crippen LogP contribution in [0.3, 0.4) is 0 Å². The van der Waals surface area contributed by atoms with E-state index in [4.69, 9.17) is 0 Å². The van der Waals surface area contributed by atoms with Crippen LogP contribution in [0.15, 0.2) is 18.2 Å². The highest BCUT2D eigenvalue weighted by molar-refractivity contribution is 5.93. The van der Waals surface area contributed by atoms with Gasteiger partial charge in [-0.2, -0.15) is 0 Å². The van der Waals surface area contributed by atoms with Crippen molar-refractivity contribution in [1.82, 2.24) is 14.6 Å². The van der Waals surface area contributed by atoms with E-state index >= 15 is 0 Å². The molecular formula is C12H13N3O. The van der Waals surface area contributed by atoms with Crippen molar-refractivity contribution in [1.29, 1.82) is 0 Å². The summed E-state index contributed by atoms with van der Waals surface area (Å²) in [4.78, 5) is 11.6. The number of Topliss-reactive ketones (excluding diaryl/α,β-unsaturated/α-hetero) is 1. The van der Waals surface area contributed by atoms with E-state index < -0.39 is 0 Å². The number of pyridine rings is 1. The first-order valence-electron chi connectivity index (χ1n) is 5.62. The number of carbonyl (C=O) groups is 1. The van der Waals surface area contributed by atoms with Gasteiger partial charge in [0.15, 0.2) is 11.4 Å². The predicted octanol–water partition coefficient (Wildman–Crippen LogP) is 2.20. The molecule has 4 heteroatoms. The molecule has 3 rings (SSSR count). The fourth-order valence-corrected chi connectivity index (χ4v) is 2.17. The normalized spacial score (nSPS) is 16.3. The molecule has 2 heterocycles. The summed E-state index contributed by atoms with van der Waals surface area (Å²) in [7, 11) is 0. The van der Waals surface area contributed by atoms with Gasteiger partial charge in [0.05, 0.1) is 5.69 Å². The molecule has 0 unspecified atom stereocenters. The molecule has 1 aliphatic carbocycles. The standard InChI is InChI=1S/C12H13N3O/c1-8(16)10-6-3-7-11-13-14-12(15(10)11)9-4-2-5-9/h3,6-7,9H,2,4-5H2,1H3. The zero-order chi connectivity index (χ0) is 11.1. The summed E-state index contributed by atoms with van der Waals surface area (Å²) in [5.41, 5.74) is 1.46. The Morgan fingerprint density at radius 1 is 1.38 bits per heavy atom. The lowest BCUT2D eigenvalue weighted by Gasteiger charge is -2.23. The van der Waals surface area contributed by atoms with Crippen molar-refractivity contribution in [2.75, 3.05) is 0 Å². The number of rotatable bonds is 2. The van der Waals surface area contributed by atoms with Crippen LogP contribution in [0.1, 0.15) is 48.4 Å². The first-order valence-corrected chi connectivity index (χ1v) is 5.62. The molecule has 1 saturated carbocycles. The summed E-state index contributed by atoms with van der Waals surface area (Å²) in [6.07, 6.45) is 3.57. The molecule has 16 heavy (non-hydrogen) atoms. The molecule has 2 aromatic rings. The smallest absolute Gasteiger partial charge is 0.176 e. The van der Waals surface area contributed by atoms with Crippen LogP contribution in [-0.4, -0.2) is 20.4 Å². The highest BCUT2D eigenvalue weighted by Crippen LogP contribution is 2.35. The Bertz CT molecular complexity index is 554. The van der Waals surface area contributed by atoms with Gasteiger partial charge in [-0.1, -0.05) is 12.5 Å². The Hall–Kier alpha value is -1.71. The maximum atomic E-state index is 11.6. The fraction of sp³-hybridized carbons (Fsp3) is 0.417. The Labute approximate surface area is 93.3 Å². The maximum Gasteiger partial charge on any atom is 0.176 e. The third-order valence-electron chi connectivity index (χ3n) is 3.28. The van der Waals surface area contributed by atoms with E-state index in [2.05, 4.69) is 10.2 Å². The van der Waals surface area contributed by atoms with E-state index in [1.807, 2.05) is 22.6 Å². The van der Waals surface area contributed by atoms with E-state index in [0.29, 0.717) is 11.6 Å². The third-order valence-corrected chi connectivity index (χ3v) is 3.28. The summed E-state index contributed by atoms with van der Waals surface area (Å²) < 4.78 is 1.91. The Balaban J connectivity index is 2.25. The van der Waals surface area contributed by atoms with Gasteiger partial charge in [-0.25, -0.2) is 0 Å². The maximum absolute atomic E-state index is 11.6. The molecule has 4 nitrogen and oxygen atoms in total. The molecule has 1 fully saturated rings. The minimum Gasteiger partial charge on any atom is -0.293 e. The van der Waals surface area contributed by atoms with Crippen molar-refractivity contribution in [2.24, 2.45) is 0 Å². The molecule has 0 N–H and O–H groups in total. The van der Waals surface area contributed by atoms with Gasteiger partial charge in [0.2, 0.25) is 0 Å². The van der Waals surface area contributed by atoms with Crippen LogP contribution in [0, 0.1) is 0 Å². The number of hydrogen-bond acceptors (Lipinski definition) is 3. The summed E-state index contributed by atoms with van der Waals surface area (Å²) in [6, 6.07) is 5.58. The van der Waals surface area contributed by atoms with Gasteiger partial charge < -0.3 is 0 Å². The Kier molecular flexibility index (Phi) is 2.02. The van der Waals surface area contributed by atoms with E-state index in [0.717, 1.165) is 24.3 Å². The van der Waals surface area contributed by atoms with Gasteiger partial charge in [-0.05, 0) is 25.0 Å². The largest absolute Gasteiger partial charge is 0.293 e. The van der Waals surface area contributed by atoms with E-state index in [1.165, 1.54) is 6.42 Å². The average Bonchev–Trinajstić information content (AvgIpc) is 2.59. The van der Waals surface area contributed by atoms with Crippen LogP contribution in [0.2, 0.25) is 0 Å². The zero-order valence-electron chi connectivity index (χ0n) is 9.18. The van der Waals surface area contributed by atoms with Crippen molar-refractivity contribution in [3.05, 3.63) is 29.7 Å². The van der Waals surface area contributed by atoms with Gasteiger partial charge in [-0.15, -0.1) is 10.2 Å². The van der Waals surface area contributed by atoms with Crippen LogP contribution in [-0.2, 0) is 0 Å². The Morgan fingerprint density at radius 2 is 2.19 bits per heavy atom. The van der Waals surface area contributed by atoms with Gasteiger partial charge >= 0.3 is 0 Å². The number of ketones is 1. The second kappa shape index (κ2) is 3.40. The number of carbonyl (C=O) groups excluding carboxylic acids is 1. The highest BCUT2D eigenvalue weighted by Gasteiger charge is 2.25. The average molecular weight is 215 g/mol. The lowest BCUT2D eigenvalue weighted by molar-refractivity contribution is 0.101. The van der Waals surface area contributed by atoms with Gasteiger partial charge in [-0.3, -0.25) is 9.20 Å². The van der Waals surface area contributed by atoms with Crippen molar-refractivity contribution in [3.63, 3.8) is 0 Å².